The van der Waals surface area contributed by atoms with Crippen LogP contribution in [0, 0.1) is 22.7 Å². The van der Waals surface area contributed by atoms with Crippen LogP contribution in [0.15, 0.2) is 44.4 Å². The number of nitriles is 2. The maximum absolute atomic E-state index is 13.1. The number of amides is 4. The van der Waals surface area contributed by atoms with Gasteiger partial charge in [-0.1, -0.05) is 0 Å². The predicted octanol–water partition coefficient (Wildman–Crippen LogP) is 7.50. The van der Waals surface area contributed by atoms with E-state index in [0.717, 1.165) is 61.3 Å². The van der Waals surface area contributed by atoms with Crippen molar-refractivity contribution in [2.24, 2.45) is 9.98 Å². The number of imide groups is 2. The Kier molecular flexibility index (Phi) is 7.24. The van der Waals surface area contributed by atoms with Crippen LogP contribution < -0.4 is 9.47 Å². The van der Waals surface area contributed by atoms with Crippen LogP contribution in [0.4, 0.5) is 10.0 Å². The van der Waals surface area contributed by atoms with Crippen molar-refractivity contribution in [3.8, 4) is 43.1 Å². The lowest BCUT2D eigenvalue weighted by Crippen LogP contribution is -2.44. The Labute approximate surface area is 312 Å². The van der Waals surface area contributed by atoms with Gasteiger partial charge in [0.2, 0.25) is 0 Å². The molecule has 16 heteroatoms. The summed E-state index contributed by atoms with van der Waals surface area (Å²) in [6.07, 6.45) is 0. The normalized spacial score (nSPS) is 20.5. The Hall–Kier alpha value is -5.26. The Bertz CT molecular complexity index is 2460. The molecule has 0 spiro atoms. The smallest absolute Gasteiger partial charge is 0.279 e. The lowest BCUT2D eigenvalue weighted by molar-refractivity contribution is -0.138. The molecule has 0 N–H and O–H groups in total. The van der Waals surface area contributed by atoms with Crippen LogP contribution in [0.3, 0.4) is 0 Å². The molecule has 0 saturated heterocycles. The topological polar surface area (TPSA) is 166 Å². The highest BCUT2D eigenvalue weighted by Gasteiger charge is 2.43. The van der Waals surface area contributed by atoms with Crippen LogP contribution in [0.2, 0.25) is 0 Å². The summed E-state index contributed by atoms with van der Waals surface area (Å²) >= 11 is 5.93. The van der Waals surface area contributed by atoms with E-state index in [4.69, 9.17) is 9.47 Å². The van der Waals surface area contributed by atoms with Gasteiger partial charge in [0.1, 0.15) is 55.9 Å². The Morgan fingerprint density at radius 1 is 0.615 bits per heavy atom. The number of carbonyl (C=O) groups is 4. The second kappa shape index (κ2) is 11.1. The third-order valence-corrected chi connectivity index (χ3v) is 14.3. The van der Waals surface area contributed by atoms with E-state index in [1.54, 1.807) is 36.5 Å². The highest BCUT2D eigenvalue weighted by molar-refractivity contribution is 7.35. The summed E-state index contributed by atoms with van der Waals surface area (Å²) < 4.78 is 15.3. The molecular formula is C36H26N6O6S4. The number of nitrogens with zero attached hydrogens (tertiary/aromatic N) is 6. The number of rotatable bonds is 2. The first-order valence-corrected chi connectivity index (χ1v) is 19.1. The third kappa shape index (κ3) is 4.58. The first-order chi connectivity index (χ1) is 24.5. The highest BCUT2D eigenvalue weighted by Crippen LogP contribution is 2.64. The van der Waals surface area contributed by atoms with E-state index in [0.29, 0.717) is 10.0 Å². The number of hydrogen-bond acceptors (Lipinski definition) is 14. The number of thiophene rings is 4. The van der Waals surface area contributed by atoms with Gasteiger partial charge in [0.25, 0.3) is 23.6 Å². The summed E-state index contributed by atoms with van der Waals surface area (Å²) in [4.78, 5) is 66.0. The van der Waals surface area contributed by atoms with E-state index < -0.39 is 34.8 Å². The van der Waals surface area contributed by atoms with Gasteiger partial charge in [0.05, 0.1) is 28.9 Å². The van der Waals surface area contributed by atoms with Crippen LogP contribution in [0.25, 0.3) is 28.9 Å². The Morgan fingerprint density at radius 2 is 0.981 bits per heavy atom. The van der Waals surface area contributed by atoms with E-state index in [-0.39, 0.29) is 33.7 Å². The van der Waals surface area contributed by atoms with Gasteiger partial charge in [0.15, 0.2) is 11.5 Å². The van der Waals surface area contributed by atoms with Gasteiger partial charge < -0.3 is 9.47 Å². The van der Waals surface area contributed by atoms with Gasteiger partial charge >= 0.3 is 0 Å². The molecule has 4 amide bonds. The molecule has 0 atom stereocenters. The van der Waals surface area contributed by atoms with Crippen molar-refractivity contribution in [3.05, 3.63) is 45.6 Å². The first kappa shape index (κ1) is 33.9. The van der Waals surface area contributed by atoms with Crippen LogP contribution in [-0.2, 0) is 30.4 Å². The van der Waals surface area contributed by atoms with E-state index in [2.05, 4.69) is 9.98 Å². The lowest BCUT2D eigenvalue weighted by Gasteiger charge is -2.31. The summed E-state index contributed by atoms with van der Waals surface area (Å²) in [6, 6.07) is 7.60. The molecule has 4 aliphatic rings. The maximum Gasteiger partial charge on any atom is 0.279 e. The summed E-state index contributed by atoms with van der Waals surface area (Å²) in [5.41, 5.74) is 0.664. The molecule has 8 heterocycles. The van der Waals surface area contributed by atoms with E-state index in [1.165, 1.54) is 36.8 Å². The van der Waals surface area contributed by atoms with E-state index >= 15 is 0 Å². The fraction of sp³-hybridized carbons (Fsp3) is 0.278. The Morgan fingerprint density at radius 3 is 1.33 bits per heavy atom. The van der Waals surface area contributed by atoms with Crippen LogP contribution in [0.1, 0.15) is 52.7 Å². The monoisotopic (exact) mass is 766 g/mol. The SMILES string of the molecule is CC1=C(C#N)C(=O)N(C)C(=O)C1=Nc1cc2c(s1)-c1sc3c4c(sc3c1OC2(C)C)-c1sc(N=C2C(=O)N(C)C(=O)C(C#N)=C2C)cc1C(C)(C)O4. The number of likely N-dealkylation sites (N-methyl/N-ethyl adjacent to an activating group) is 2. The van der Waals surface area contributed by atoms with Crippen LogP contribution in [-0.4, -0.2) is 58.9 Å². The van der Waals surface area contributed by atoms with E-state index in [1.807, 2.05) is 52.0 Å². The highest BCUT2D eigenvalue weighted by atomic mass is 32.1. The van der Waals surface area contributed by atoms with Gasteiger partial charge in [0, 0.05) is 36.4 Å². The van der Waals surface area contributed by atoms with Crippen molar-refractivity contribution in [3.63, 3.8) is 0 Å². The Balaban J connectivity index is 1.24. The zero-order chi connectivity index (χ0) is 37.3. The van der Waals surface area contributed by atoms with Crippen molar-refractivity contribution < 1.29 is 28.7 Å². The third-order valence-electron chi connectivity index (χ3n) is 9.48. The zero-order valence-corrected chi connectivity index (χ0v) is 32.2. The molecule has 4 aromatic heterocycles. The molecule has 0 fully saturated rings. The molecule has 0 saturated carbocycles. The van der Waals surface area contributed by atoms with Gasteiger partial charge in [-0.15, -0.1) is 45.3 Å². The van der Waals surface area contributed by atoms with Crippen molar-refractivity contribution in [2.45, 2.75) is 52.7 Å². The van der Waals surface area contributed by atoms with Crippen LogP contribution >= 0.6 is 45.3 Å². The molecule has 0 aromatic carbocycles. The number of aliphatic imine (C=N–C) groups is 2. The first-order valence-electron chi connectivity index (χ1n) is 15.8. The largest absolute Gasteiger partial charge is 0.480 e. The number of ether oxygens (including phenoxy) is 2. The van der Waals surface area contributed by atoms with Gasteiger partial charge in [-0.05, 0) is 53.7 Å². The molecule has 0 aliphatic carbocycles. The summed E-state index contributed by atoms with van der Waals surface area (Å²) in [7, 11) is 2.68. The number of fused-ring (bicyclic) bond motifs is 9. The molecule has 12 nitrogen and oxygen atoms in total. The molecule has 260 valence electrons. The van der Waals surface area contributed by atoms with Crippen LogP contribution in [0.5, 0.6) is 11.5 Å². The predicted molar refractivity (Wildman–Crippen MR) is 200 cm³/mol. The fourth-order valence-electron chi connectivity index (χ4n) is 6.56. The van der Waals surface area contributed by atoms with Crippen molar-refractivity contribution in [1.29, 1.82) is 10.5 Å². The van der Waals surface area contributed by atoms with Crippen molar-refractivity contribution in [1.82, 2.24) is 9.80 Å². The molecule has 0 radical (unpaired) electrons. The second-order valence-electron chi connectivity index (χ2n) is 13.5. The molecule has 8 rings (SSSR count). The van der Waals surface area contributed by atoms with Gasteiger partial charge in [-0.25, -0.2) is 9.98 Å². The summed E-state index contributed by atoms with van der Waals surface area (Å²) in [6.45, 7) is 11.0. The van der Waals surface area contributed by atoms with Gasteiger partial charge in [-0.3, -0.25) is 29.0 Å². The molecular weight excluding hydrogens is 741 g/mol. The van der Waals surface area contributed by atoms with Gasteiger partial charge in [-0.2, -0.15) is 10.5 Å². The quantitative estimate of drug-likeness (QED) is 0.189. The number of hydrogen-bond donors (Lipinski definition) is 0. The average Bonchev–Trinajstić information content (AvgIpc) is 3.87. The minimum Gasteiger partial charge on any atom is -0.480 e. The summed E-state index contributed by atoms with van der Waals surface area (Å²) in [5.74, 6) is -0.977. The minimum absolute atomic E-state index is 0.0503. The molecule has 0 unspecified atom stereocenters. The standard InChI is InChI=1S/C36H26N6O6S4/c1-13-15(11-37)31(43)41(7)33(45)21(13)39-19-9-17-25(49-19)27-23(47-35(17,3)4)29-30(51-27)24-28(52-29)26-18(36(5,6)48-24)10-20(50-26)40-22-14(2)16(12-38)32(44)42(8)34(22)46/h9-10H,1-8H3. The fourth-order valence-corrected chi connectivity index (χ4v) is 11.8. The molecule has 52 heavy (non-hydrogen) atoms. The molecule has 0 bridgehead atoms. The molecule has 4 aliphatic heterocycles. The summed E-state index contributed by atoms with van der Waals surface area (Å²) in [5, 5.41) is 20.3. The number of carbonyl (C=O) groups excluding carboxylic acids is 4. The maximum atomic E-state index is 13.1. The average molecular weight is 767 g/mol. The minimum atomic E-state index is -0.756. The van der Waals surface area contributed by atoms with E-state index in [9.17, 15) is 29.7 Å². The lowest BCUT2D eigenvalue weighted by atomic mass is 9.95. The molecule has 4 aromatic rings. The second-order valence-corrected chi connectivity index (χ2v) is 17.6. The zero-order valence-electron chi connectivity index (χ0n) is 28.9. The van der Waals surface area contributed by atoms with Crippen molar-refractivity contribution >= 4 is 99.8 Å². The van der Waals surface area contributed by atoms with Crippen molar-refractivity contribution in [2.75, 3.05) is 14.1 Å².